The molecule has 12 heteroatoms. The standard InChI is InChI=1S/C132H141B3N6Si3/c1-82-67-118-124-121(70-82)139(100-49-55-103(56-50-100)142(22,23)24)112-61-31-85(76-106(112)133(124)109-79-94(130(13,14)15)40-64-115(109)136(118)97-43-34-91(35-44-97)127(4,5)6)88-73-89(86-32-62-113-107(77-86)134-110-80-95(131(16,17)18)41-65-116(110)137(98-45-36-92(37-46-98)128(7,8)9)119-68-83(2)71-122(125(119)134)140(113)101-51-57-104(58-52-101)143(25,26)27)75-90(74-88)87-33-63-114-108(78-87)135-111-81-96(132(19,20)21)42-66-117(111)138(99-47-38-93(39-48-99)129(10,11)12)120-69-84(3)72-123(126(120)135)141(114)102-53-59-105(60-54-102)144(28,29)30/h31-81H,1-30H3. The highest BCUT2D eigenvalue weighted by molar-refractivity contribution is 7.02. The normalized spacial score (nSPS) is 14.3. The SMILES string of the molecule is Cc1cc2c3c(c1)N(c1ccc(C(C)(C)C)cc1)c1ccc(C(C)(C)C)cc1B3c1cc(-c3cc(-c4ccc5c(c4)B4c6cc(C(C)(C)C)ccc6N(c6ccc(C(C)(C)C)cc6)c6cc(C)cc(c64)N5c4ccc([Si](C)(C)C)cc4)cc(-c4ccc5c(c4)B4c6cc(C(C)(C)C)ccc6N(c6ccc(C(C)(C)C)cc6)c6cc(C)cc(c64)N5c4ccc([Si](C)(C)C)cc4)c3)ccc1N2c1ccc([Si](C)(C)C)cc1. The van der Waals surface area contributed by atoms with Gasteiger partial charge in [-0.1, -0.05) is 345 Å². The fraction of sp³-hybridized carbons (Fsp3) is 0.273. The number of hydrogen-bond donors (Lipinski definition) is 0. The van der Waals surface area contributed by atoms with E-state index in [9.17, 15) is 0 Å². The summed E-state index contributed by atoms with van der Waals surface area (Å²) in [4.78, 5) is 15.7. The number of fused-ring (bicyclic) bond motifs is 12. The van der Waals surface area contributed by atoms with E-state index in [2.05, 4.69) is 543 Å². The molecule has 0 saturated heterocycles. The van der Waals surface area contributed by atoms with Gasteiger partial charge < -0.3 is 29.4 Å². The zero-order valence-electron chi connectivity index (χ0n) is 90.9. The summed E-state index contributed by atoms with van der Waals surface area (Å²) < 4.78 is 0. The maximum absolute atomic E-state index is 2.64. The van der Waals surface area contributed by atoms with Gasteiger partial charge in [0.15, 0.2) is 0 Å². The molecule has 0 unspecified atom stereocenters. The lowest BCUT2D eigenvalue weighted by molar-refractivity contribution is 0.590. The summed E-state index contributed by atoms with van der Waals surface area (Å²) in [7, 11) is -5.17. The van der Waals surface area contributed by atoms with Gasteiger partial charge in [0.2, 0.25) is 0 Å². The smallest absolute Gasteiger partial charge is 0.252 e. The summed E-state index contributed by atoms with van der Waals surface area (Å²) in [5, 5.41) is 4.33. The molecule has 16 aromatic carbocycles. The van der Waals surface area contributed by atoms with E-state index in [1.165, 1.54) is 183 Å². The fourth-order valence-electron chi connectivity index (χ4n) is 23.8. The molecule has 16 aromatic rings. The predicted octanol–water partition coefficient (Wildman–Crippen LogP) is 29.3. The van der Waals surface area contributed by atoms with Crippen molar-refractivity contribution in [3.63, 3.8) is 0 Å². The van der Waals surface area contributed by atoms with Gasteiger partial charge in [0.05, 0.1) is 24.2 Å². The van der Waals surface area contributed by atoms with E-state index in [0.29, 0.717) is 0 Å². The molecule has 22 rings (SSSR count). The molecule has 6 aliphatic heterocycles. The highest BCUT2D eigenvalue weighted by atomic mass is 28.3. The van der Waals surface area contributed by atoms with Crippen molar-refractivity contribution in [3.8, 4) is 33.4 Å². The monoisotopic (exact) mass is 1930 g/mol. The van der Waals surface area contributed by atoms with E-state index in [-0.39, 0.29) is 52.6 Å². The Hall–Kier alpha value is -12.8. The zero-order valence-corrected chi connectivity index (χ0v) is 93.9. The molecule has 0 atom stereocenters. The van der Waals surface area contributed by atoms with Crippen LogP contribution in [-0.4, -0.2) is 44.4 Å². The third-order valence-electron chi connectivity index (χ3n) is 32.1. The summed E-state index contributed by atoms with van der Waals surface area (Å²) in [6, 6.07) is 125. The van der Waals surface area contributed by atoms with E-state index < -0.39 is 24.2 Å². The van der Waals surface area contributed by atoms with Crippen molar-refractivity contribution >= 4 is 211 Å². The van der Waals surface area contributed by atoms with Crippen LogP contribution >= 0.6 is 0 Å². The summed E-state index contributed by atoms with van der Waals surface area (Å²) >= 11 is 0. The Bertz CT molecular complexity index is 7110. The molecule has 0 fully saturated rings. The van der Waals surface area contributed by atoms with Crippen LogP contribution in [-0.2, 0) is 32.5 Å². The Morgan fingerprint density at radius 2 is 0.333 bits per heavy atom. The van der Waals surface area contributed by atoms with Crippen molar-refractivity contribution in [1.82, 2.24) is 0 Å². The van der Waals surface area contributed by atoms with E-state index in [1.807, 2.05) is 0 Å². The molecule has 0 aromatic heterocycles. The van der Waals surface area contributed by atoms with Crippen molar-refractivity contribution in [2.24, 2.45) is 0 Å². The van der Waals surface area contributed by atoms with Crippen molar-refractivity contribution in [2.75, 3.05) is 29.4 Å². The average Bonchev–Trinajstić information content (AvgIpc) is 0.700. The van der Waals surface area contributed by atoms with E-state index >= 15 is 0 Å². The Labute approximate surface area is 864 Å². The Morgan fingerprint density at radius 1 is 0.167 bits per heavy atom. The van der Waals surface area contributed by atoms with Gasteiger partial charge in [-0.25, -0.2) is 0 Å². The first-order valence-electron chi connectivity index (χ1n) is 52.7. The molecular formula is C132H141B3N6Si3. The second-order valence-corrected chi connectivity index (χ2v) is 67.2. The summed E-state index contributed by atoms with van der Waals surface area (Å²) in [5.41, 5.74) is 51.2. The zero-order chi connectivity index (χ0) is 102. The number of benzene rings is 16. The van der Waals surface area contributed by atoms with Gasteiger partial charge in [-0.2, -0.15) is 0 Å². The van der Waals surface area contributed by atoms with Gasteiger partial charge in [0.25, 0.3) is 20.1 Å². The minimum Gasteiger partial charge on any atom is -0.311 e. The lowest BCUT2D eigenvalue weighted by Gasteiger charge is -2.45. The summed E-state index contributed by atoms with van der Waals surface area (Å²) in [5.74, 6) is 0. The van der Waals surface area contributed by atoms with E-state index in [1.54, 1.807) is 0 Å². The second-order valence-electron chi connectivity index (χ2n) is 51.9. The fourth-order valence-corrected chi connectivity index (χ4v) is 27.3. The van der Waals surface area contributed by atoms with Crippen LogP contribution in [0.5, 0.6) is 0 Å². The van der Waals surface area contributed by atoms with Crippen molar-refractivity contribution in [2.45, 2.75) is 237 Å². The van der Waals surface area contributed by atoms with Crippen LogP contribution in [0.1, 0.15) is 175 Å². The topological polar surface area (TPSA) is 19.4 Å². The van der Waals surface area contributed by atoms with Gasteiger partial charge in [-0.15, -0.1) is 0 Å². The highest BCUT2D eigenvalue weighted by Gasteiger charge is 2.50. The number of aryl methyl sites for hydroxylation is 3. The lowest BCUT2D eigenvalue weighted by Crippen LogP contribution is -2.61. The van der Waals surface area contributed by atoms with Gasteiger partial charge >= 0.3 is 0 Å². The van der Waals surface area contributed by atoms with Crippen LogP contribution in [0.3, 0.4) is 0 Å². The predicted molar refractivity (Wildman–Crippen MR) is 640 cm³/mol. The van der Waals surface area contributed by atoms with Crippen LogP contribution in [0.15, 0.2) is 309 Å². The first-order valence-corrected chi connectivity index (χ1v) is 63.2. The molecule has 0 radical (unpaired) electrons. The van der Waals surface area contributed by atoms with Crippen LogP contribution in [0.25, 0.3) is 33.4 Å². The number of anilines is 18. The molecule has 6 heterocycles. The second kappa shape index (κ2) is 33.6. The maximum Gasteiger partial charge on any atom is 0.252 e. The van der Waals surface area contributed by atoms with Crippen LogP contribution < -0.4 is 94.1 Å². The summed E-state index contributed by atoms with van der Waals surface area (Å²) in [6.07, 6.45) is 0. The average molecular weight is 1930 g/mol. The quantitative estimate of drug-likeness (QED) is 0.113. The number of rotatable bonds is 12. The van der Waals surface area contributed by atoms with Gasteiger partial charge in [0.1, 0.15) is 0 Å². The van der Waals surface area contributed by atoms with E-state index in [4.69, 9.17) is 0 Å². The number of nitrogens with zero attached hydrogens (tertiary/aromatic N) is 6. The van der Waals surface area contributed by atoms with Crippen LogP contribution in [0.4, 0.5) is 102 Å². The first kappa shape index (κ1) is 96.0. The Kier molecular flexibility index (Phi) is 22.4. The third-order valence-corrected chi connectivity index (χ3v) is 38.3. The minimum atomic E-state index is -1.72. The van der Waals surface area contributed by atoms with Crippen molar-refractivity contribution in [3.05, 3.63) is 359 Å². The molecule has 0 N–H and O–H groups in total. The van der Waals surface area contributed by atoms with Gasteiger partial charge in [-0.3, -0.25) is 0 Å². The lowest BCUT2D eigenvalue weighted by atomic mass is 9.33. The van der Waals surface area contributed by atoms with Gasteiger partial charge in [-0.05, 0) is 350 Å². The van der Waals surface area contributed by atoms with Crippen LogP contribution in [0.2, 0.25) is 58.9 Å². The maximum atomic E-state index is 2.64. The molecule has 144 heavy (non-hydrogen) atoms. The molecule has 720 valence electrons. The molecule has 0 bridgehead atoms. The molecule has 0 saturated carbocycles. The first-order chi connectivity index (χ1) is 67.8. The largest absolute Gasteiger partial charge is 0.311 e. The van der Waals surface area contributed by atoms with Crippen LogP contribution in [0, 0.1) is 20.8 Å². The molecule has 0 aliphatic carbocycles. The molecule has 0 amide bonds. The Balaban J connectivity index is 0.823. The third kappa shape index (κ3) is 16.4. The molecule has 0 spiro atoms. The van der Waals surface area contributed by atoms with Crippen molar-refractivity contribution < 1.29 is 0 Å². The summed E-state index contributed by atoms with van der Waals surface area (Å²) in [6.45, 7) is 71.1. The molecular weight excluding hydrogens is 1790 g/mol. The van der Waals surface area contributed by atoms with E-state index in [0.717, 1.165) is 67.5 Å². The Morgan fingerprint density at radius 3 is 0.514 bits per heavy atom. The molecule has 6 aliphatic rings. The molecule has 6 nitrogen and oxygen atoms in total. The van der Waals surface area contributed by atoms with Crippen molar-refractivity contribution in [1.29, 1.82) is 0 Å². The minimum absolute atomic E-state index is 0.0226. The number of hydrogen-bond acceptors (Lipinski definition) is 6. The van der Waals surface area contributed by atoms with Gasteiger partial charge in [0, 0.05) is 102 Å². The highest BCUT2D eigenvalue weighted by Crippen LogP contribution is 2.53.